The molecule has 20 heavy (non-hydrogen) atoms. The van der Waals surface area contributed by atoms with Crippen LogP contribution in [0.2, 0.25) is 0 Å². The molecule has 2 rings (SSSR count). The molecule has 1 aromatic heterocycles. The van der Waals surface area contributed by atoms with Crippen LogP contribution >= 0.6 is 15.9 Å². The number of halogens is 1. The molecule has 4 N–H and O–H groups in total. The molecule has 0 bridgehead atoms. The van der Waals surface area contributed by atoms with Gasteiger partial charge < -0.3 is 10.1 Å². The van der Waals surface area contributed by atoms with Crippen molar-refractivity contribution in [1.29, 1.82) is 0 Å². The number of hydrazine groups is 1. The van der Waals surface area contributed by atoms with Gasteiger partial charge in [-0.05, 0) is 24.6 Å². The average molecular weight is 339 g/mol. The molecule has 0 spiro atoms. The number of nitrogens with zero attached hydrogens (tertiary/aromatic N) is 3. The second-order valence-electron chi connectivity index (χ2n) is 3.89. The maximum Gasteiger partial charge on any atom is 0.323 e. The van der Waals surface area contributed by atoms with Crippen molar-refractivity contribution in [2.24, 2.45) is 5.84 Å². The van der Waals surface area contributed by atoms with Crippen LogP contribution in [0.5, 0.6) is 6.01 Å². The lowest BCUT2D eigenvalue weighted by Crippen LogP contribution is -2.13. The molecule has 0 radical (unpaired) electrons. The minimum absolute atomic E-state index is 0.229. The number of aromatic nitrogens is 3. The van der Waals surface area contributed by atoms with Crippen LogP contribution in [0.15, 0.2) is 28.7 Å². The van der Waals surface area contributed by atoms with E-state index in [1.165, 1.54) is 0 Å². The Morgan fingerprint density at radius 2 is 2.05 bits per heavy atom. The number of benzene rings is 1. The van der Waals surface area contributed by atoms with Gasteiger partial charge in [-0.25, -0.2) is 5.84 Å². The van der Waals surface area contributed by atoms with Crippen LogP contribution in [0.3, 0.4) is 0 Å². The third-order valence-electron chi connectivity index (χ3n) is 2.26. The minimum atomic E-state index is 0.229. The number of anilines is 3. The predicted molar refractivity (Wildman–Crippen MR) is 80.8 cm³/mol. The largest absolute Gasteiger partial charge is 0.463 e. The zero-order chi connectivity index (χ0) is 14.4. The molecule has 1 aromatic carbocycles. The van der Waals surface area contributed by atoms with Crippen molar-refractivity contribution in [3.8, 4) is 6.01 Å². The Kier molecular flexibility index (Phi) is 5.08. The van der Waals surface area contributed by atoms with E-state index in [1.54, 1.807) is 0 Å². The SMILES string of the molecule is CCCOc1nc(NN)nc(Nc2cccc(Br)c2)n1. The van der Waals surface area contributed by atoms with Crippen molar-refractivity contribution in [2.75, 3.05) is 17.3 Å². The first kappa shape index (κ1) is 14.5. The summed E-state index contributed by atoms with van der Waals surface area (Å²) in [6, 6.07) is 7.88. The lowest BCUT2D eigenvalue weighted by Gasteiger charge is -2.09. The van der Waals surface area contributed by atoms with Crippen molar-refractivity contribution in [3.63, 3.8) is 0 Å². The second-order valence-corrected chi connectivity index (χ2v) is 4.81. The first-order valence-electron chi connectivity index (χ1n) is 6.09. The van der Waals surface area contributed by atoms with Gasteiger partial charge in [0.25, 0.3) is 0 Å². The van der Waals surface area contributed by atoms with Crippen molar-refractivity contribution in [3.05, 3.63) is 28.7 Å². The number of ether oxygens (including phenoxy) is 1. The first-order valence-corrected chi connectivity index (χ1v) is 6.88. The third kappa shape index (κ3) is 4.04. The molecule has 1 heterocycles. The standard InChI is InChI=1S/C12H15BrN6O/c1-2-6-20-12-17-10(16-11(18-12)19-14)15-9-5-3-4-8(13)7-9/h3-5,7H,2,6,14H2,1H3,(H2,15,16,17,18,19). The maximum atomic E-state index is 5.39. The molecule has 106 valence electrons. The Labute approximate surface area is 125 Å². The van der Waals surface area contributed by atoms with Gasteiger partial charge in [-0.1, -0.05) is 28.9 Å². The molecule has 0 aliphatic rings. The number of rotatable bonds is 6. The molecule has 0 saturated heterocycles. The predicted octanol–water partition coefficient (Wildman–Crippen LogP) is 2.45. The highest BCUT2D eigenvalue weighted by atomic mass is 79.9. The van der Waals surface area contributed by atoms with Gasteiger partial charge in [-0.2, -0.15) is 15.0 Å². The van der Waals surface area contributed by atoms with Crippen LogP contribution in [0.25, 0.3) is 0 Å². The van der Waals surface area contributed by atoms with Crippen molar-refractivity contribution < 1.29 is 4.74 Å². The fourth-order valence-corrected chi connectivity index (χ4v) is 1.83. The zero-order valence-corrected chi connectivity index (χ0v) is 12.5. The molecule has 0 aliphatic heterocycles. The van der Waals surface area contributed by atoms with Crippen molar-refractivity contribution in [2.45, 2.75) is 13.3 Å². The van der Waals surface area contributed by atoms with Crippen molar-refractivity contribution in [1.82, 2.24) is 15.0 Å². The highest BCUT2D eigenvalue weighted by Gasteiger charge is 2.07. The zero-order valence-electron chi connectivity index (χ0n) is 10.9. The summed E-state index contributed by atoms with van der Waals surface area (Å²) >= 11 is 3.40. The molecule has 7 nitrogen and oxygen atoms in total. The molecule has 0 unspecified atom stereocenters. The Balaban J connectivity index is 2.21. The van der Waals surface area contributed by atoms with Crippen LogP contribution in [0.4, 0.5) is 17.6 Å². The van der Waals surface area contributed by atoms with E-state index in [2.05, 4.69) is 41.6 Å². The van der Waals surface area contributed by atoms with E-state index in [9.17, 15) is 0 Å². The number of nitrogen functional groups attached to an aromatic ring is 1. The van der Waals surface area contributed by atoms with Crippen LogP contribution < -0.4 is 21.3 Å². The number of nitrogens with two attached hydrogens (primary N) is 1. The van der Waals surface area contributed by atoms with Gasteiger partial charge in [0.2, 0.25) is 11.9 Å². The molecule has 2 aromatic rings. The van der Waals surface area contributed by atoms with E-state index in [1.807, 2.05) is 31.2 Å². The molecule has 0 aliphatic carbocycles. The Morgan fingerprint density at radius 3 is 2.75 bits per heavy atom. The topological polar surface area (TPSA) is 98.0 Å². The summed E-state index contributed by atoms with van der Waals surface area (Å²) in [4.78, 5) is 12.3. The van der Waals surface area contributed by atoms with Gasteiger partial charge in [0.1, 0.15) is 0 Å². The third-order valence-corrected chi connectivity index (χ3v) is 2.75. The molecule has 0 saturated carbocycles. The Bertz CT molecular complexity index is 580. The van der Waals surface area contributed by atoms with Gasteiger partial charge in [-0.15, -0.1) is 0 Å². The molecular formula is C12H15BrN6O. The molecule has 0 atom stereocenters. The molecule has 8 heteroatoms. The summed E-state index contributed by atoms with van der Waals surface area (Å²) in [6.07, 6.45) is 0.867. The van der Waals surface area contributed by atoms with Crippen LogP contribution in [0, 0.1) is 0 Å². The van der Waals surface area contributed by atoms with E-state index in [0.29, 0.717) is 12.6 Å². The summed E-state index contributed by atoms with van der Waals surface area (Å²) in [7, 11) is 0. The quantitative estimate of drug-likeness (QED) is 0.549. The fourth-order valence-electron chi connectivity index (χ4n) is 1.43. The molecule has 0 amide bonds. The van der Waals surface area contributed by atoms with E-state index in [4.69, 9.17) is 10.6 Å². The number of hydrogen-bond donors (Lipinski definition) is 3. The van der Waals surface area contributed by atoms with Gasteiger partial charge >= 0.3 is 6.01 Å². The summed E-state index contributed by atoms with van der Waals surface area (Å²) < 4.78 is 6.35. The average Bonchev–Trinajstić information content (AvgIpc) is 2.45. The summed E-state index contributed by atoms with van der Waals surface area (Å²) in [5.41, 5.74) is 3.23. The molecular weight excluding hydrogens is 324 g/mol. The Hall–Kier alpha value is -1.93. The van der Waals surface area contributed by atoms with E-state index >= 15 is 0 Å². The number of hydrogen-bond acceptors (Lipinski definition) is 7. The van der Waals surface area contributed by atoms with Gasteiger partial charge in [0.05, 0.1) is 6.61 Å². The van der Waals surface area contributed by atoms with E-state index in [0.717, 1.165) is 16.6 Å². The number of nitrogens with one attached hydrogen (secondary N) is 2. The first-order chi connectivity index (χ1) is 9.71. The van der Waals surface area contributed by atoms with E-state index in [-0.39, 0.29) is 12.0 Å². The van der Waals surface area contributed by atoms with Crippen LogP contribution in [0.1, 0.15) is 13.3 Å². The summed E-state index contributed by atoms with van der Waals surface area (Å²) in [5.74, 6) is 5.94. The smallest absolute Gasteiger partial charge is 0.323 e. The second kappa shape index (κ2) is 7.01. The lowest BCUT2D eigenvalue weighted by atomic mass is 10.3. The lowest BCUT2D eigenvalue weighted by molar-refractivity contribution is 0.292. The van der Waals surface area contributed by atoms with Gasteiger partial charge in [0, 0.05) is 10.2 Å². The summed E-state index contributed by atoms with van der Waals surface area (Å²) in [5, 5.41) is 3.07. The van der Waals surface area contributed by atoms with Crippen molar-refractivity contribution >= 4 is 33.5 Å². The monoisotopic (exact) mass is 338 g/mol. The normalized spacial score (nSPS) is 10.2. The summed E-state index contributed by atoms with van der Waals surface area (Å²) in [6.45, 7) is 2.54. The molecule has 0 fully saturated rings. The van der Waals surface area contributed by atoms with Gasteiger partial charge in [0.15, 0.2) is 0 Å². The fraction of sp³-hybridized carbons (Fsp3) is 0.250. The van der Waals surface area contributed by atoms with Gasteiger partial charge in [-0.3, -0.25) is 5.43 Å². The minimum Gasteiger partial charge on any atom is -0.463 e. The van der Waals surface area contributed by atoms with Crippen LogP contribution in [-0.2, 0) is 0 Å². The highest BCUT2D eigenvalue weighted by Crippen LogP contribution is 2.20. The van der Waals surface area contributed by atoms with E-state index < -0.39 is 0 Å². The Morgan fingerprint density at radius 1 is 1.25 bits per heavy atom. The highest BCUT2D eigenvalue weighted by molar-refractivity contribution is 9.10. The maximum absolute atomic E-state index is 5.39. The van der Waals surface area contributed by atoms with Crippen LogP contribution in [-0.4, -0.2) is 21.6 Å².